The number of carboxylic acid groups (broad SMARTS) is 1. The van der Waals surface area contributed by atoms with Gasteiger partial charge in [0.15, 0.2) is 0 Å². The highest BCUT2D eigenvalue weighted by atomic mass is 16.4. The van der Waals surface area contributed by atoms with Crippen LogP contribution in [0, 0.1) is 5.92 Å². The Kier molecular flexibility index (Phi) is 5.68. The van der Waals surface area contributed by atoms with Crippen LogP contribution in [0.4, 0.5) is 0 Å². The number of aryl methyl sites for hydroxylation is 1. The molecule has 7 heteroatoms. The SMILES string of the molecule is CC(CN(C)C(=O)CCCc1nc2ccccc2c(=O)[nH]1)C(=O)O. The largest absolute Gasteiger partial charge is 0.481 e. The fourth-order valence-electron chi connectivity index (χ4n) is 2.44. The maximum atomic E-state index is 12.0. The molecule has 0 saturated heterocycles. The lowest BCUT2D eigenvalue weighted by Gasteiger charge is -2.19. The molecular formula is C17H21N3O4. The van der Waals surface area contributed by atoms with Gasteiger partial charge in [-0.3, -0.25) is 14.4 Å². The summed E-state index contributed by atoms with van der Waals surface area (Å²) < 4.78 is 0. The third kappa shape index (κ3) is 4.41. The molecule has 1 amide bonds. The first-order valence-electron chi connectivity index (χ1n) is 7.83. The minimum absolute atomic E-state index is 0.119. The lowest BCUT2D eigenvalue weighted by Crippen LogP contribution is -2.33. The third-order valence-corrected chi connectivity index (χ3v) is 3.86. The zero-order valence-corrected chi connectivity index (χ0v) is 13.8. The van der Waals surface area contributed by atoms with Crippen molar-refractivity contribution < 1.29 is 14.7 Å². The first-order valence-corrected chi connectivity index (χ1v) is 7.83. The second kappa shape index (κ2) is 7.72. The summed E-state index contributed by atoms with van der Waals surface area (Å²) in [5.41, 5.74) is 0.448. The number of carboxylic acids is 1. The van der Waals surface area contributed by atoms with Crippen LogP contribution in [0.25, 0.3) is 10.9 Å². The molecule has 1 heterocycles. The fraction of sp³-hybridized carbons (Fsp3) is 0.412. The average molecular weight is 331 g/mol. The first-order chi connectivity index (χ1) is 11.4. The molecule has 0 saturated carbocycles. The van der Waals surface area contributed by atoms with Gasteiger partial charge in [0, 0.05) is 26.4 Å². The smallest absolute Gasteiger partial charge is 0.308 e. The van der Waals surface area contributed by atoms with Crippen LogP contribution >= 0.6 is 0 Å². The number of aliphatic carboxylic acids is 1. The Bertz CT molecular complexity index is 800. The van der Waals surface area contributed by atoms with Crippen LogP contribution in [0.2, 0.25) is 0 Å². The Morgan fingerprint density at radius 3 is 2.75 bits per heavy atom. The van der Waals surface area contributed by atoms with Gasteiger partial charge in [0.25, 0.3) is 5.56 Å². The van der Waals surface area contributed by atoms with Crippen LogP contribution in [0.5, 0.6) is 0 Å². The van der Waals surface area contributed by atoms with E-state index in [-0.39, 0.29) is 24.4 Å². The Morgan fingerprint density at radius 2 is 2.04 bits per heavy atom. The molecule has 0 radical (unpaired) electrons. The molecule has 0 fully saturated rings. The summed E-state index contributed by atoms with van der Waals surface area (Å²) in [4.78, 5) is 43.3. The minimum Gasteiger partial charge on any atom is -0.481 e. The predicted octanol–water partition coefficient (Wildman–Crippen LogP) is 1.42. The number of benzene rings is 1. The molecule has 2 rings (SSSR count). The van der Waals surface area contributed by atoms with Gasteiger partial charge in [0.05, 0.1) is 16.8 Å². The van der Waals surface area contributed by atoms with Crippen LogP contribution in [0.15, 0.2) is 29.1 Å². The van der Waals surface area contributed by atoms with E-state index >= 15 is 0 Å². The van der Waals surface area contributed by atoms with E-state index < -0.39 is 11.9 Å². The van der Waals surface area contributed by atoms with Gasteiger partial charge in [0.2, 0.25) is 5.91 Å². The van der Waals surface area contributed by atoms with Gasteiger partial charge < -0.3 is 15.0 Å². The van der Waals surface area contributed by atoms with Crippen molar-refractivity contribution in [3.05, 3.63) is 40.4 Å². The molecule has 1 atom stereocenters. The number of fused-ring (bicyclic) bond motifs is 1. The molecule has 2 aromatic rings. The van der Waals surface area contributed by atoms with Crippen molar-refractivity contribution in [3.63, 3.8) is 0 Å². The van der Waals surface area contributed by atoms with E-state index in [9.17, 15) is 14.4 Å². The van der Waals surface area contributed by atoms with E-state index in [1.807, 2.05) is 6.07 Å². The molecule has 1 aromatic carbocycles. The number of aromatic nitrogens is 2. The van der Waals surface area contributed by atoms with E-state index in [0.29, 0.717) is 29.6 Å². The number of amides is 1. The lowest BCUT2D eigenvalue weighted by atomic mass is 10.1. The fourth-order valence-corrected chi connectivity index (χ4v) is 2.44. The molecule has 7 nitrogen and oxygen atoms in total. The van der Waals surface area contributed by atoms with Crippen molar-refractivity contribution in [2.45, 2.75) is 26.2 Å². The molecule has 24 heavy (non-hydrogen) atoms. The van der Waals surface area contributed by atoms with Gasteiger partial charge >= 0.3 is 5.97 Å². The molecule has 0 spiro atoms. The number of rotatable bonds is 7. The monoisotopic (exact) mass is 331 g/mol. The Hall–Kier alpha value is -2.70. The van der Waals surface area contributed by atoms with Gasteiger partial charge in [-0.15, -0.1) is 0 Å². The average Bonchev–Trinajstić information content (AvgIpc) is 2.54. The zero-order chi connectivity index (χ0) is 17.7. The highest BCUT2D eigenvalue weighted by Crippen LogP contribution is 2.08. The number of aromatic amines is 1. The number of nitrogens with one attached hydrogen (secondary N) is 1. The van der Waals surface area contributed by atoms with E-state index in [1.165, 1.54) is 4.90 Å². The van der Waals surface area contributed by atoms with E-state index in [0.717, 1.165) is 0 Å². The topological polar surface area (TPSA) is 103 Å². The van der Waals surface area contributed by atoms with Crippen LogP contribution < -0.4 is 5.56 Å². The van der Waals surface area contributed by atoms with E-state index in [1.54, 1.807) is 32.2 Å². The zero-order valence-electron chi connectivity index (χ0n) is 13.8. The summed E-state index contributed by atoms with van der Waals surface area (Å²) in [6.07, 6.45) is 1.29. The highest BCUT2D eigenvalue weighted by molar-refractivity contribution is 5.78. The minimum atomic E-state index is -0.924. The number of carbonyl (C=O) groups is 2. The van der Waals surface area contributed by atoms with Crippen molar-refractivity contribution in [2.75, 3.05) is 13.6 Å². The Labute approximate surface area is 139 Å². The summed E-state index contributed by atoms with van der Waals surface area (Å²) >= 11 is 0. The van der Waals surface area contributed by atoms with Gasteiger partial charge in [-0.25, -0.2) is 4.98 Å². The number of hydrogen-bond donors (Lipinski definition) is 2. The van der Waals surface area contributed by atoms with Crippen molar-refractivity contribution in [2.24, 2.45) is 5.92 Å². The van der Waals surface area contributed by atoms with E-state index in [2.05, 4.69) is 9.97 Å². The molecule has 0 aliphatic rings. The standard InChI is InChI=1S/C17H21N3O4/c1-11(17(23)24)10-20(2)15(21)9-5-8-14-18-13-7-4-3-6-12(13)16(22)19-14/h3-4,6-7,11H,5,8-10H2,1-2H3,(H,23,24)(H,18,19,22). The lowest BCUT2D eigenvalue weighted by molar-refractivity contribution is -0.142. The van der Waals surface area contributed by atoms with Gasteiger partial charge in [-0.05, 0) is 18.6 Å². The van der Waals surface area contributed by atoms with Gasteiger partial charge in [-0.1, -0.05) is 19.1 Å². The summed E-state index contributed by atoms with van der Waals surface area (Å²) in [5.74, 6) is -1.09. The van der Waals surface area contributed by atoms with Crippen molar-refractivity contribution in [3.8, 4) is 0 Å². The third-order valence-electron chi connectivity index (χ3n) is 3.86. The summed E-state index contributed by atoms with van der Waals surface area (Å²) in [5, 5.41) is 9.41. The number of H-pyrrole nitrogens is 1. The van der Waals surface area contributed by atoms with Crippen LogP contribution in [0.1, 0.15) is 25.6 Å². The van der Waals surface area contributed by atoms with Gasteiger partial charge in [-0.2, -0.15) is 0 Å². The maximum absolute atomic E-state index is 12.0. The molecule has 2 N–H and O–H groups in total. The predicted molar refractivity (Wildman–Crippen MR) is 89.7 cm³/mol. The molecule has 1 unspecified atom stereocenters. The Balaban J connectivity index is 1.91. The van der Waals surface area contributed by atoms with Crippen molar-refractivity contribution >= 4 is 22.8 Å². The van der Waals surface area contributed by atoms with Crippen molar-refractivity contribution in [1.82, 2.24) is 14.9 Å². The summed E-state index contributed by atoms with van der Waals surface area (Å²) in [6, 6.07) is 7.10. The second-order valence-corrected chi connectivity index (χ2v) is 5.90. The highest BCUT2D eigenvalue weighted by Gasteiger charge is 2.17. The quantitative estimate of drug-likeness (QED) is 0.799. The van der Waals surface area contributed by atoms with Crippen molar-refractivity contribution in [1.29, 1.82) is 0 Å². The van der Waals surface area contributed by atoms with Crippen LogP contribution in [0.3, 0.4) is 0 Å². The van der Waals surface area contributed by atoms with Gasteiger partial charge in [0.1, 0.15) is 5.82 Å². The molecule has 0 aliphatic heterocycles. The second-order valence-electron chi connectivity index (χ2n) is 5.90. The molecule has 128 valence electrons. The van der Waals surface area contributed by atoms with Crippen LogP contribution in [-0.4, -0.2) is 45.4 Å². The maximum Gasteiger partial charge on any atom is 0.308 e. The molecule has 1 aromatic heterocycles. The van der Waals surface area contributed by atoms with Crippen LogP contribution in [-0.2, 0) is 16.0 Å². The number of hydrogen-bond acceptors (Lipinski definition) is 4. The molecular weight excluding hydrogens is 310 g/mol. The molecule has 0 bridgehead atoms. The number of para-hydroxylation sites is 1. The number of carbonyl (C=O) groups excluding carboxylic acids is 1. The Morgan fingerprint density at radius 1 is 1.33 bits per heavy atom. The normalized spacial score (nSPS) is 12.1. The summed E-state index contributed by atoms with van der Waals surface area (Å²) in [6.45, 7) is 1.75. The summed E-state index contributed by atoms with van der Waals surface area (Å²) in [7, 11) is 1.60. The molecule has 0 aliphatic carbocycles. The first kappa shape index (κ1) is 17.7. The van der Waals surface area contributed by atoms with E-state index in [4.69, 9.17) is 5.11 Å². The number of nitrogens with zero attached hydrogens (tertiary/aromatic N) is 2.